The molecule has 0 atom stereocenters. The van der Waals surface area contributed by atoms with Crippen LogP contribution >= 0.6 is 15.9 Å². The first kappa shape index (κ1) is 20.8. The van der Waals surface area contributed by atoms with Gasteiger partial charge in [0.15, 0.2) is 0 Å². The zero-order valence-electron chi connectivity index (χ0n) is 15.4. The topological polar surface area (TPSA) is 76.7 Å². The first-order valence-electron chi connectivity index (χ1n) is 8.68. The first-order chi connectivity index (χ1) is 13.0. The van der Waals surface area contributed by atoms with Crippen LogP contribution < -0.4 is 20.3 Å². The molecule has 0 aliphatic carbocycles. The molecular formula is C20H23BrN2O4. The summed E-state index contributed by atoms with van der Waals surface area (Å²) in [5.74, 6) is 0.690. The number of halogens is 1. The van der Waals surface area contributed by atoms with Crippen LogP contribution in [0.2, 0.25) is 0 Å². The number of hydrogen-bond donors (Lipinski definition) is 2. The number of unbranched alkanes of at least 4 members (excludes halogenated alkanes) is 1. The van der Waals surface area contributed by atoms with Crippen LogP contribution in [0, 0.1) is 0 Å². The highest BCUT2D eigenvalue weighted by atomic mass is 79.9. The van der Waals surface area contributed by atoms with E-state index in [4.69, 9.17) is 9.47 Å². The second-order valence-corrected chi connectivity index (χ2v) is 6.73. The van der Waals surface area contributed by atoms with Crippen LogP contribution in [-0.2, 0) is 11.2 Å². The molecule has 6 nitrogen and oxygen atoms in total. The third-order valence-electron chi connectivity index (χ3n) is 3.79. The van der Waals surface area contributed by atoms with Gasteiger partial charge in [0.2, 0.25) is 5.91 Å². The maximum Gasteiger partial charge on any atom is 0.269 e. The SMILES string of the molecule is CCCCOc1ccc(C(=O)NNC(=O)Cc2ccc(OC)cc2)cc1Br. The summed E-state index contributed by atoms with van der Waals surface area (Å²) in [6.45, 7) is 2.72. The number of benzene rings is 2. The lowest BCUT2D eigenvalue weighted by Crippen LogP contribution is -2.42. The molecule has 2 rings (SSSR count). The van der Waals surface area contributed by atoms with Gasteiger partial charge in [-0.1, -0.05) is 25.5 Å². The van der Waals surface area contributed by atoms with E-state index in [9.17, 15) is 9.59 Å². The Bertz CT molecular complexity index is 778. The minimum atomic E-state index is -0.404. The number of hydrogen-bond acceptors (Lipinski definition) is 4. The predicted molar refractivity (Wildman–Crippen MR) is 107 cm³/mol. The number of carbonyl (C=O) groups excluding carboxylic acids is 2. The van der Waals surface area contributed by atoms with Crippen molar-refractivity contribution in [1.29, 1.82) is 0 Å². The van der Waals surface area contributed by atoms with E-state index in [1.54, 1.807) is 49.6 Å². The Balaban J connectivity index is 1.85. The molecule has 0 spiro atoms. The molecule has 7 heteroatoms. The summed E-state index contributed by atoms with van der Waals surface area (Å²) in [4.78, 5) is 24.2. The second-order valence-electron chi connectivity index (χ2n) is 5.87. The van der Waals surface area contributed by atoms with Gasteiger partial charge in [0.25, 0.3) is 5.91 Å². The van der Waals surface area contributed by atoms with Gasteiger partial charge in [0, 0.05) is 5.56 Å². The molecule has 0 fully saturated rings. The molecule has 0 heterocycles. The van der Waals surface area contributed by atoms with Gasteiger partial charge >= 0.3 is 0 Å². The van der Waals surface area contributed by atoms with E-state index in [2.05, 4.69) is 33.7 Å². The number of rotatable bonds is 8. The molecule has 0 aliphatic heterocycles. The average Bonchev–Trinajstić information content (AvgIpc) is 2.68. The normalized spacial score (nSPS) is 10.2. The van der Waals surface area contributed by atoms with Crippen molar-refractivity contribution < 1.29 is 19.1 Å². The van der Waals surface area contributed by atoms with E-state index in [0.717, 1.165) is 24.2 Å². The highest BCUT2D eigenvalue weighted by Gasteiger charge is 2.11. The van der Waals surface area contributed by atoms with Crippen LogP contribution in [-0.4, -0.2) is 25.5 Å². The lowest BCUT2D eigenvalue weighted by molar-refractivity contribution is -0.121. The van der Waals surface area contributed by atoms with Crippen LogP contribution in [0.1, 0.15) is 35.7 Å². The molecule has 0 bridgehead atoms. The van der Waals surface area contributed by atoms with Crippen molar-refractivity contribution in [2.75, 3.05) is 13.7 Å². The molecule has 0 aliphatic rings. The largest absolute Gasteiger partial charge is 0.497 e. The maximum absolute atomic E-state index is 12.2. The summed E-state index contributed by atoms with van der Waals surface area (Å²) in [5, 5.41) is 0. The van der Waals surface area contributed by atoms with Crippen molar-refractivity contribution in [3.8, 4) is 11.5 Å². The minimum Gasteiger partial charge on any atom is -0.497 e. The number of hydrazine groups is 1. The standard InChI is InChI=1S/C20H23BrN2O4/c1-3-4-11-27-18-10-7-15(13-17(18)21)20(25)23-22-19(24)12-14-5-8-16(26-2)9-6-14/h5-10,13H,3-4,11-12H2,1-2H3,(H,22,24)(H,23,25). The van der Waals surface area contributed by atoms with Crippen LogP contribution in [0.15, 0.2) is 46.9 Å². The van der Waals surface area contributed by atoms with Crippen molar-refractivity contribution in [1.82, 2.24) is 10.9 Å². The third kappa shape index (κ3) is 6.60. The molecule has 2 amide bonds. The molecule has 0 saturated carbocycles. The number of amides is 2. The number of carbonyl (C=O) groups is 2. The fourth-order valence-electron chi connectivity index (χ4n) is 2.26. The van der Waals surface area contributed by atoms with Gasteiger partial charge < -0.3 is 9.47 Å². The van der Waals surface area contributed by atoms with Crippen LogP contribution in [0.5, 0.6) is 11.5 Å². The zero-order chi connectivity index (χ0) is 19.6. The van der Waals surface area contributed by atoms with Gasteiger partial charge in [-0.25, -0.2) is 0 Å². The van der Waals surface area contributed by atoms with Crippen molar-refractivity contribution in [3.63, 3.8) is 0 Å². The number of methoxy groups -OCH3 is 1. The zero-order valence-corrected chi connectivity index (χ0v) is 17.0. The molecular weight excluding hydrogens is 412 g/mol. The van der Waals surface area contributed by atoms with E-state index in [-0.39, 0.29) is 12.3 Å². The summed E-state index contributed by atoms with van der Waals surface area (Å²) in [5.41, 5.74) is 6.06. The molecule has 0 unspecified atom stereocenters. The van der Waals surface area contributed by atoms with E-state index in [0.29, 0.717) is 22.4 Å². The number of nitrogens with one attached hydrogen (secondary N) is 2. The van der Waals surface area contributed by atoms with Crippen LogP contribution in [0.3, 0.4) is 0 Å². The van der Waals surface area contributed by atoms with Crippen molar-refractivity contribution in [2.24, 2.45) is 0 Å². The van der Waals surface area contributed by atoms with Gasteiger partial charge in [-0.05, 0) is 58.2 Å². The minimum absolute atomic E-state index is 0.151. The lowest BCUT2D eigenvalue weighted by Gasteiger charge is -2.10. The lowest BCUT2D eigenvalue weighted by atomic mass is 10.1. The molecule has 144 valence electrons. The predicted octanol–water partition coefficient (Wildman–Crippen LogP) is 3.64. The van der Waals surface area contributed by atoms with Gasteiger partial charge in [-0.3, -0.25) is 20.4 Å². The maximum atomic E-state index is 12.2. The van der Waals surface area contributed by atoms with Crippen molar-refractivity contribution in [3.05, 3.63) is 58.1 Å². The Morgan fingerprint density at radius 2 is 1.81 bits per heavy atom. The summed E-state index contributed by atoms with van der Waals surface area (Å²) in [6.07, 6.45) is 2.17. The summed E-state index contributed by atoms with van der Waals surface area (Å²) >= 11 is 3.40. The molecule has 0 saturated heterocycles. The highest BCUT2D eigenvalue weighted by molar-refractivity contribution is 9.10. The van der Waals surface area contributed by atoms with Gasteiger partial charge in [0.05, 0.1) is 24.6 Å². The Labute approximate surface area is 167 Å². The van der Waals surface area contributed by atoms with E-state index in [1.807, 2.05) is 0 Å². The smallest absolute Gasteiger partial charge is 0.269 e. The van der Waals surface area contributed by atoms with E-state index >= 15 is 0 Å². The molecule has 0 radical (unpaired) electrons. The third-order valence-corrected chi connectivity index (χ3v) is 4.41. The average molecular weight is 435 g/mol. The van der Waals surface area contributed by atoms with E-state index in [1.165, 1.54) is 0 Å². The molecule has 0 aromatic heterocycles. The highest BCUT2D eigenvalue weighted by Crippen LogP contribution is 2.26. The fraction of sp³-hybridized carbons (Fsp3) is 0.300. The van der Waals surface area contributed by atoms with Crippen molar-refractivity contribution >= 4 is 27.7 Å². The summed E-state index contributed by atoms with van der Waals surface area (Å²) in [7, 11) is 1.58. The van der Waals surface area contributed by atoms with E-state index < -0.39 is 5.91 Å². The molecule has 2 aromatic carbocycles. The number of ether oxygens (including phenoxy) is 2. The summed E-state index contributed by atoms with van der Waals surface area (Å²) < 4.78 is 11.4. The van der Waals surface area contributed by atoms with Crippen LogP contribution in [0.25, 0.3) is 0 Å². The summed E-state index contributed by atoms with van der Waals surface area (Å²) in [6, 6.07) is 12.2. The Morgan fingerprint density at radius 1 is 1.07 bits per heavy atom. The van der Waals surface area contributed by atoms with Gasteiger partial charge in [-0.2, -0.15) is 0 Å². The quantitative estimate of drug-likeness (QED) is 0.491. The van der Waals surface area contributed by atoms with Crippen LogP contribution in [0.4, 0.5) is 0 Å². The Hall–Kier alpha value is -2.54. The Morgan fingerprint density at radius 3 is 2.44 bits per heavy atom. The monoisotopic (exact) mass is 434 g/mol. The van der Waals surface area contributed by atoms with Gasteiger partial charge in [-0.15, -0.1) is 0 Å². The fourth-order valence-corrected chi connectivity index (χ4v) is 2.75. The van der Waals surface area contributed by atoms with Gasteiger partial charge in [0.1, 0.15) is 11.5 Å². The molecule has 27 heavy (non-hydrogen) atoms. The molecule has 2 aromatic rings. The Kier molecular flexibility index (Phi) is 8.13. The van der Waals surface area contributed by atoms with Crippen molar-refractivity contribution in [2.45, 2.75) is 26.2 Å². The first-order valence-corrected chi connectivity index (χ1v) is 9.47. The second kappa shape index (κ2) is 10.6. The molecule has 2 N–H and O–H groups in total.